The molecule has 0 saturated carbocycles. The van der Waals surface area contributed by atoms with E-state index < -0.39 is 10.0 Å². The van der Waals surface area contributed by atoms with Crippen molar-refractivity contribution in [2.24, 2.45) is 7.05 Å². The van der Waals surface area contributed by atoms with Crippen molar-refractivity contribution in [1.82, 2.24) is 14.5 Å². The van der Waals surface area contributed by atoms with Gasteiger partial charge in [0, 0.05) is 24.2 Å². The van der Waals surface area contributed by atoms with E-state index >= 15 is 0 Å². The summed E-state index contributed by atoms with van der Waals surface area (Å²) in [6, 6.07) is 7.90. The molecule has 0 saturated heterocycles. The van der Waals surface area contributed by atoms with Crippen LogP contribution in [0.4, 0.5) is 5.13 Å². The summed E-state index contributed by atoms with van der Waals surface area (Å²) in [6.45, 7) is 2.01. The lowest BCUT2D eigenvalue weighted by molar-refractivity contribution is 0.598. The third-order valence-corrected chi connectivity index (χ3v) is 5.14. The maximum absolute atomic E-state index is 12.2. The highest BCUT2D eigenvalue weighted by molar-refractivity contribution is 7.92. The molecule has 6 nitrogen and oxygen atoms in total. The first kappa shape index (κ1) is 14.7. The number of nitrogens with zero attached hydrogens (tertiary/aromatic N) is 3. The molecule has 8 heteroatoms. The van der Waals surface area contributed by atoms with E-state index in [9.17, 15) is 8.42 Å². The maximum atomic E-state index is 12.2. The number of benzene rings is 1. The molecule has 0 atom stereocenters. The number of nitrogens with one attached hydrogen (secondary N) is 1. The Morgan fingerprint density at radius 3 is 2.59 bits per heavy atom. The van der Waals surface area contributed by atoms with Crippen LogP contribution in [0.1, 0.15) is 5.56 Å². The van der Waals surface area contributed by atoms with Gasteiger partial charge >= 0.3 is 0 Å². The summed E-state index contributed by atoms with van der Waals surface area (Å²) in [5, 5.41) is 2.12. The number of thiazole rings is 1. The monoisotopic (exact) mass is 334 g/mol. The molecule has 0 unspecified atom stereocenters. The number of rotatable bonds is 4. The van der Waals surface area contributed by atoms with Crippen molar-refractivity contribution in [3.8, 4) is 11.3 Å². The number of aromatic nitrogens is 3. The molecule has 0 aliphatic carbocycles. The van der Waals surface area contributed by atoms with Crippen molar-refractivity contribution in [2.45, 2.75) is 11.9 Å². The fourth-order valence-electron chi connectivity index (χ4n) is 1.87. The van der Waals surface area contributed by atoms with Gasteiger partial charge in [-0.05, 0) is 6.92 Å². The molecular formula is C14H14N4O2S2. The molecule has 2 aromatic heterocycles. The van der Waals surface area contributed by atoms with Gasteiger partial charge in [-0.15, -0.1) is 11.3 Å². The van der Waals surface area contributed by atoms with E-state index in [1.165, 1.54) is 23.9 Å². The minimum absolute atomic E-state index is 0.0258. The molecule has 0 bridgehead atoms. The zero-order valence-electron chi connectivity index (χ0n) is 12.0. The summed E-state index contributed by atoms with van der Waals surface area (Å²) in [5.41, 5.74) is 2.85. The Hall–Kier alpha value is -2.19. The second-order valence-electron chi connectivity index (χ2n) is 4.89. The average Bonchev–Trinajstić information content (AvgIpc) is 3.09. The normalized spacial score (nSPS) is 11.5. The average molecular weight is 334 g/mol. The van der Waals surface area contributed by atoms with Crippen LogP contribution in [0.15, 0.2) is 47.2 Å². The molecule has 0 spiro atoms. The Balaban J connectivity index is 1.84. The van der Waals surface area contributed by atoms with Gasteiger partial charge in [0.25, 0.3) is 10.0 Å². The van der Waals surface area contributed by atoms with Crippen LogP contribution in [0.25, 0.3) is 11.3 Å². The van der Waals surface area contributed by atoms with Crippen molar-refractivity contribution < 1.29 is 8.42 Å². The molecule has 22 heavy (non-hydrogen) atoms. The van der Waals surface area contributed by atoms with E-state index in [1.807, 2.05) is 36.6 Å². The largest absolute Gasteiger partial charge is 0.339 e. The maximum Gasteiger partial charge on any atom is 0.282 e. The summed E-state index contributed by atoms with van der Waals surface area (Å²) >= 11 is 1.24. The molecule has 0 aliphatic rings. The third kappa shape index (κ3) is 3.02. The summed E-state index contributed by atoms with van der Waals surface area (Å²) in [5.74, 6) is 0. The first-order valence-corrected chi connectivity index (χ1v) is 8.84. The number of anilines is 1. The number of hydrogen-bond donors (Lipinski definition) is 1. The van der Waals surface area contributed by atoms with Crippen LogP contribution in [0, 0.1) is 6.92 Å². The standard InChI is InChI=1S/C14H14N4O2S2/c1-10-3-5-11(6-4-10)12-8-21-14(16-12)17-22(19,20)13-7-18(2)9-15-13/h3-9H,1-2H3,(H,16,17). The minimum Gasteiger partial charge on any atom is -0.339 e. The van der Waals surface area contributed by atoms with Crippen LogP contribution >= 0.6 is 11.3 Å². The Labute approximate surface area is 132 Å². The van der Waals surface area contributed by atoms with Crippen molar-refractivity contribution in [2.75, 3.05) is 4.72 Å². The van der Waals surface area contributed by atoms with Gasteiger partial charge in [0.1, 0.15) is 0 Å². The fourth-order valence-corrected chi connectivity index (χ4v) is 3.83. The molecule has 114 valence electrons. The topological polar surface area (TPSA) is 76.9 Å². The van der Waals surface area contributed by atoms with Gasteiger partial charge < -0.3 is 4.57 Å². The van der Waals surface area contributed by atoms with E-state index in [4.69, 9.17) is 0 Å². The minimum atomic E-state index is -3.70. The molecule has 3 aromatic rings. The lowest BCUT2D eigenvalue weighted by Crippen LogP contribution is -2.13. The van der Waals surface area contributed by atoms with Gasteiger partial charge in [-0.2, -0.15) is 8.42 Å². The molecule has 1 N–H and O–H groups in total. The molecule has 0 fully saturated rings. The smallest absolute Gasteiger partial charge is 0.282 e. The summed E-state index contributed by atoms with van der Waals surface area (Å²) < 4.78 is 28.4. The van der Waals surface area contributed by atoms with Crippen molar-refractivity contribution >= 4 is 26.5 Å². The molecule has 0 radical (unpaired) electrons. The first-order chi connectivity index (χ1) is 10.4. The van der Waals surface area contributed by atoms with Crippen LogP contribution in [0.5, 0.6) is 0 Å². The van der Waals surface area contributed by atoms with Gasteiger partial charge in [0.2, 0.25) is 0 Å². The van der Waals surface area contributed by atoms with Crippen molar-refractivity contribution in [1.29, 1.82) is 0 Å². The summed E-state index contributed by atoms with van der Waals surface area (Å²) in [6.07, 6.45) is 2.88. The lowest BCUT2D eigenvalue weighted by atomic mass is 10.1. The lowest BCUT2D eigenvalue weighted by Gasteiger charge is -2.01. The SMILES string of the molecule is Cc1ccc(-c2csc(NS(=O)(=O)c3cn(C)cn3)n2)cc1. The highest BCUT2D eigenvalue weighted by atomic mass is 32.2. The van der Waals surface area contributed by atoms with E-state index in [2.05, 4.69) is 14.7 Å². The first-order valence-electron chi connectivity index (χ1n) is 6.47. The number of hydrogen-bond acceptors (Lipinski definition) is 5. The van der Waals surface area contributed by atoms with Gasteiger partial charge in [0.15, 0.2) is 10.2 Å². The van der Waals surface area contributed by atoms with Gasteiger partial charge in [0.05, 0.1) is 12.0 Å². The molecule has 1 aromatic carbocycles. The predicted molar refractivity (Wildman–Crippen MR) is 86.3 cm³/mol. The summed E-state index contributed by atoms with van der Waals surface area (Å²) in [7, 11) is -1.99. The third-order valence-electron chi connectivity index (χ3n) is 3.03. The van der Waals surface area contributed by atoms with Gasteiger partial charge in [-0.25, -0.2) is 9.97 Å². The molecule has 0 amide bonds. The molecule has 0 aliphatic heterocycles. The molecular weight excluding hydrogens is 320 g/mol. The zero-order chi connectivity index (χ0) is 15.7. The highest BCUT2D eigenvalue weighted by Crippen LogP contribution is 2.26. The van der Waals surface area contributed by atoms with E-state index in [-0.39, 0.29) is 5.03 Å². The van der Waals surface area contributed by atoms with Gasteiger partial charge in [-0.1, -0.05) is 29.8 Å². The molecule has 2 heterocycles. The van der Waals surface area contributed by atoms with E-state index in [1.54, 1.807) is 11.6 Å². The van der Waals surface area contributed by atoms with Crippen LogP contribution < -0.4 is 4.72 Å². The number of sulfonamides is 1. The van der Waals surface area contributed by atoms with Crippen molar-refractivity contribution in [3.05, 3.63) is 47.7 Å². The predicted octanol–water partition coefficient (Wildman–Crippen LogP) is 2.65. The fraction of sp³-hybridized carbons (Fsp3) is 0.143. The Bertz CT molecular complexity index is 895. The molecule has 3 rings (SSSR count). The second-order valence-corrected chi connectivity index (χ2v) is 7.37. The van der Waals surface area contributed by atoms with Crippen LogP contribution in [0.3, 0.4) is 0 Å². The van der Waals surface area contributed by atoms with Crippen LogP contribution in [0.2, 0.25) is 0 Å². The summed E-state index contributed by atoms with van der Waals surface area (Å²) in [4.78, 5) is 8.17. The Morgan fingerprint density at radius 1 is 1.23 bits per heavy atom. The number of aryl methyl sites for hydroxylation is 2. The van der Waals surface area contributed by atoms with E-state index in [0.29, 0.717) is 5.13 Å². The Kier molecular flexibility index (Phi) is 3.71. The van der Waals surface area contributed by atoms with Crippen LogP contribution in [-0.4, -0.2) is 23.0 Å². The van der Waals surface area contributed by atoms with Gasteiger partial charge in [-0.3, -0.25) is 4.72 Å². The highest BCUT2D eigenvalue weighted by Gasteiger charge is 2.19. The van der Waals surface area contributed by atoms with Crippen LogP contribution in [-0.2, 0) is 17.1 Å². The van der Waals surface area contributed by atoms with Crippen molar-refractivity contribution in [3.63, 3.8) is 0 Å². The quantitative estimate of drug-likeness (QED) is 0.796. The zero-order valence-corrected chi connectivity index (χ0v) is 13.6. The second kappa shape index (κ2) is 5.54. The Morgan fingerprint density at radius 2 is 1.95 bits per heavy atom. The number of imidazole rings is 1. The van der Waals surface area contributed by atoms with E-state index in [0.717, 1.165) is 16.8 Å².